The monoisotopic (exact) mass is 408 g/mol. The van der Waals surface area contributed by atoms with Gasteiger partial charge in [-0.05, 0) is 48.1 Å². The average Bonchev–Trinajstić information content (AvgIpc) is 2.84. The highest BCUT2D eigenvalue weighted by atomic mass is 16.1. The molecular formula is C28H28N2O. The molecule has 31 heavy (non-hydrogen) atoms. The summed E-state index contributed by atoms with van der Waals surface area (Å²) >= 11 is 0. The molecule has 2 aliphatic carbocycles. The summed E-state index contributed by atoms with van der Waals surface area (Å²) in [5.74, 6) is 0.940. The molecule has 0 spiro atoms. The first-order valence-corrected chi connectivity index (χ1v) is 11.4. The fraction of sp³-hybridized carbons (Fsp3) is 0.286. The van der Waals surface area contributed by atoms with Crippen molar-refractivity contribution in [3.05, 3.63) is 101 Å². The Morgan fingerprint density at radius 1 is 0.871 bits per heavy atom. The van der Waals surface area contributed by atoms with Crippen LogP contribution in [-0.2, 0) is 6.42 Å². The van der Waals surface area contributed by atoms with Crippen molar-refractivity contribution >= 4 is 17.7 Å². The van der Waals surface area contributed by atoms with Gasteiger partial charge in [0.05, 0.1) is 5.56 Å². The molecule has 1 heterocycles. The van der Waals surface area contributed by atoms with Crippen LogP contribution in [-0.4, -0.2) is 10.9 Å². The Kier molecular flexibility index (Phi) is 5.66. The number of hydrogen-bond donors (Lipinski definition) is 1. The summed E-state index contributed by atoms with van der Waals surface area (Å²) in [6.07, 6.45) is 13.6. The number of amides is 1. The van der Waals surface area contributed by atoms with Gasteiger partial charge in [-0.2, -0.15) is 0 Å². The Labute approximate surface area is 184 Å². The zero-order valence-electron chi connectivity index (χ0n) is 17.8. The third-order valence-corrected chi connectivity index (χ3v) is 6.70. The van der Waals surface area contributed by atoms with Gasteiger partial charge in [0.1, 0.15) is 0 Å². The van der Waals surface area contributed by atoms with E-state index >= 15 is 0 Å². The Morgan fingerprint density at radius 3 is 2.39 bits per heavy atom. The summed E-state index contributed by atoms with van der Waals surface area (Å²) in [7, 11) is 0. The predicted molar refractivity (Wildman–Crippen MR) is 126 cm³/mol. The van der Waals surface area contributed by atoms with Gasteiger partial charge in [-0.25, -0.2) is 0 Å². The van der Waals surface area contributed by atoms with E-state index in [1.165, 1.54) is 43.2 Å². The molecule has 1 amide bonds. The molecular weight excluding hydrogens is 380 g/mol. The number of carbonyl (C=O) groups is 1. The van der Waals surface area contributed by atoms with Crippen molar-refractivity contribution in [2.24, 2.45) is 0 Å². The number of hydrogen-bond acceptors (Lipinski definition) is 2. The average molecular weight is 409 g/mol. The molecule has 1 fully saturated rings. The zero-order valence-corrected chi connectivity index (χ0v) is 17.8. The number of carbonyl (C=O) groups excluding carboxylic acids is 1. The summed E-state index contributed by atoms with van der Waals surface area (Å²) in [6, 6.07) is 20.6. The van der Waals surface area contributed by atoms with Crippen LogP contribution in [0.5, 0.6) is 0 Å². The van der Waals surface area contributed by atoms with Gasteiger partial charge in [-0.3, -0.25) is 9.78 Å². The molecule has 2 aliphatic rings. The number of anilines is 1. The summed E-state index contributed by atoms with van der Waals surface area (Å²) in [5, 5.41) is 2.99. The summed E-state index contributed by atoms with van der Waals surface area (Å²) in [6.45, 7) is 0. The molecule has 0 bridgehead atoms. The number of pyridine rings is 1. The van der Waals surface area contributed by atoms with E-state index in [1.807, 2.05) is 30.3 Å². The maximum atomic E-state index is 12.9. The minimum atomic E-state index is -0.0928. The molecule has 1 atom stereocenters. The second-order valence-electron chi connectivity index (χ2n) is 8.71. The van der Waals surface area contributed by atoms with E-state index in [2.05, 4.69) is 46.7 Å². The summed E-state index contributed by atoms with van der Waals surface area (Å²) in [5.41, 5.74) is 6.21. The molecule has 0 radical (unpaired) electrons. The highest BCUT2D eigenvalue weighted by Crippen LogP contribution is 2.35. The van der Waals surface area contributed by atoms with E-state index in [4.69, 9.17) is 0 Å². The van der Waals surface area contributed by atoms with Crippen molar-refractivity contribution in [1.82, 2.24) is 4.98 Å². The van der Waals surface area contributed by atoms with Gasteiger partial charge < -0.3 is 5.32 Å². The standard InChI is InChI=1S/C28H28N2O/c31-28(30-24-9-5-2-6-10-24)26-17-18-29-27-19-23(15-16-25(26)27)22-13-11-21(12-14-22)20-7-3-1-4-8-20/h2,5-6,9-18,20,23H,1,3-4,7-8,19H2,(H,30,31). The van der Waals surface area contributed by atoms with Crippen LogP contribution in [0.15, 0.2) is 72.9 Å². The normalized spacial score (nSPS) is 18.4. The van der Waals surface area contributed by atoms with Crippen molar-refractivity contribution in [3.63, 3.8) is 0 Å². The van der Waals surface area contributed by atoms with Crippen LogP contribution >= 0.6 is 0 Å². The van der Waals surface area contributed by atoms with Gasteiger partial charge in [-0.1, -0.05) is 73.9 Å². The maximum Gasteiger partial charge on any atom is 0.256 e. The summed E-state index contributed by atoms with van der Waals surface area (Å²) in [4.78, 5) is 17.5. The number of nitrogens with zero attached hydrogens (tertiary/aromatic N) is 1. The van der Waals surface area contributed by atoms with Crippen molar-refractivity contribution < 1.29 is 4.79 Å². The molecule has 2 aromatic carbocycles. The van der Waals surface area contributed by atoms with E-state index < -0.39 is 0 Å². The molecule has 1 saturated carbocycles. The van der Waals surface area contributed by atoms with Crippen molar-refractivity contribution in [2.45, 2.75) is 50.4 Å². The topological polar surface area (TPSA) is 42.0 Å². The van der Waals surface area contributed by atoms with Crippen LogP contribution in [0.25, 0.3) is 6.08 Å². The fourth-order valence-corrected chi connectivity index (χ4v) is 4.95. The van der Waals surface area contributed by atoms with Crippen molar-refractivity contribution in [1.29, 1.82) is 0 Å². The van der Waals surface area contributed by atoms with Crippen LogP contribution in [0.3, 0.4) is 0 Å². The molecule has 3 aromatic rings. The molecule has 1 unspecified atom stereocenters. The third-order valence-electron chi connectivity index (χ3n) is 6.70. The Bertz CT molecular complexity index is 1080. The first-order chi connectivity index (χ1) is 15.3. The third kappa shape index (κ3) is 4.32. The molecule has 156 valence electrons. The second-order valence-corrected chi connectivity index (χ2v) is 8.71. The Balaban J connectivity index is 1.33. The molecule has 1 aromatic heterocycles. The number of allylic oxidation sites excluding steroid dienone is 1. The SMILES string of the molecule is O=C(Nc1ccccc1)c1ccnc2c1C=CC(c1ccc(C3CCCCC3)cc1)C2. The van der Waals surface area contributed by atoms with Crippen molar-refractivity contribution in [3.8, 4) is 0 Å². The van der Waals surface area contributed by atoms with Gasteiger partial charge in [0.2, 0.25) is 0 Å². The van der Waals surface area contributed by atoms with Crippen LogP contribution in [0.4, 0.5) is 5.69 Å². The molecule has 3 heteroatoms. The predicted octanol–water partition coefficient (Wildman–Crippen LogP) is 6.73. The van der Waals surface area contributed by atoms with Gasteiger partial charge in [0.15, 0.2) is 0 Å². The zero-order chi connectivity index (χ0) is 21.0. The van der Waals surface area contributed by atoms with Crippen LogP contribution < -0.4 is 5.32 Å². The maximum absolute atomic E-state index is 12.9. The lowest BCUT2D eigenvalue weighted by Gasteiger charge is -2.24. The van der Waals surface area contributed by atoms with Crippen LogP contribution in [0.2, 0.25) is 0 Å². The molecule has 3 nitrogen and oxygen atoms in total. The van der Waals surface area contributed by atoms with Crippen molar-refractivity contribution in [2.75, 3.05) is 5.32 Å². The molecule has 0 aliphatic heterocycles. The lowest BCUT2D eigenvalue weighted by Crippen LogP contribution is -2.17. The highest BCUT2D eigenvalue weighted by Gasteiger charge is 2.22. The first kappa shape index (κ1) is 19.7. The highest BCUT2D eigenvalue weighted by molar-refractivity contribution is 6.06. The number of aromatic nitrogens is 1. The van der Waals surface area contributed by atoms with E-state index in [0.29, 0.717) is 11.5 Å². The number of nitrogens with one attached hydrogen (secondary N) is 1. The van der Waals surface area contributed by atoms with Gasteiger partial charge in [-0.15, -0.1) is 0 Å². The van der Waals surface area contributed by atoms with E-state index in [1.54, 1.807) is 12.3 Å². The second kappa shape index (κ2) is 8.89. The lowest BCUT2D eigenvalue weighted by atomic mass is 9.82. The number of para-hydroxylation sites is 1. The van der Waals surface area contributed by atoms with Crippen LogP contribution in [0, 0.1) is 0 Å². The van der Waals surface area contributed by atoms with Gasteiger partial charge in [0, 0.05) is 35.5 Å². The Hall–Kier alpha value is -3.20. The van der Waals surface area contributed by atoms with E-state index in [0.717, 1.165) is 29.3 Å². The minimum Gasteiger partial charge on any atom is -0.322 e. The smallest absolute Gasteiger partial charge is 0.256 e. The molecule has 0 saturated heterocycles. The lowest BCUT2D eigenvalue weighted by molar-refractivity contribution is 0.102. The van der Waals surface area contributed by atoms with Crippen LogP contribution in [0.1, 0.15) is 76.7 Å². The minimum absolute atomic E-state index is 0.0928. The fourth-order valence-electron chi connectivity index (χ4n) is 4.95. The Morgan fingerprint density at radius 2 is 1.61 bits per heavy atom. The van der Waals surface area contributed by atoms with Gasteiger partial charge in [0.25, 0.3) is 5.91 Å². The number of rotatable bonds is 4. The number of fused-ring (bicyclic) bond motifs is 1. The van der Waals surface area contributed by atoms with Gasteiger partial charge >= 0.3 is 0 Å². The molecule has 1 N–H and O–H groups in total. The van der Waals surface area contributed by atoms with E-state index in [-0.39, 0.29) is 5.91 Å². The number of benzene rings is 2. The molecule has 5 rings (SSSR count). The summed E-state index contributed by atoms with van der Waals surface area (Å²) < 4.78 is 0. The quantitative estimate of drug-likeness (QED) is 0.520. The first-order valence-electron chi connectivity index (χ1n) is 11.4. The largest absolute Gasteiger partial charge is 0.322 e. The van der Waals surface area contributed by atoms with E-state index in [9.17, 15) is 4.79 Å².